The predicted molar refractivity (Wildman–Crippen MR) is 90.2 cm³/mol. The van der Waals surface area contributed by atoms with Gasteiger partial charge in [0, 0.05) is 13.1 Å². The van der Waals surface area contributed by atoms with Crippen LogP contribution >= 0.6 is 0 Å². The maximum absolute atomic E-state index is 12.6. The summed E-state index contributed by atoms with van der Waals surface area (Å²) in [5, 5.41) is 9.46. The van der Waals surface area contributed by atoms with Crippen molar-refractivity contribution in [1.82, 2.24) is 4.90 Å². The molecule has 1 atom stereocenters. The van der Waals surface area contributed by atoms with Gasteiger partial charge in [-0.2, -0.15) is 5.26 Å². The molecule has 0 aliphatic carbocycles. The van der Waals surface area contributed by atoms with Crippen molar-refractivity contribution >= 4 is 5.91 Å². The number of carbonyl (C=O) groups is 1. The first-order chi connectivity index (χ1) is 11.2. The van der Waals surface area contributed by atoms with Crippen molar-refractivity contribution in [2.45, 2.75) is 45.4 Å². The first kappa shape index (κ1) is 17.3. The number of hydrogen-bond acceptors (Lipinski definition) is 3. The van der Waals surface area contributed by atoms with Crippen molar-refractivity contribution in [3.63, 3.8) is 0 Å². The number of rotatable bonds is 5. The zero-order chi connectivity index (χ0) is 16.7. The molecule has 1 aromatic carbocycles. The lowest BCUT2D eigenvalue weighted by Gasteiger charge is -2.23. The lowest BCUT2D eigenvalue weighted by molar-refractivity contribution is -0.133. The van der Waals surface area contributed by atoms with Crippen LogP contribution < -0.4 is 4.74 Å². The number of aryl methyl sites for hydroxylation is 1. The number of amides is 1. The Morgan fingerprint density at radius 3 is 2.57 bits per heavy atom. The summed E-state index contributed by atoms with van der Waals surface area (Å²) >= 11 is 0. The lowest BCUT2D eigenvalue weighted by atomic mass is 9.96. The molecular weight excluding hydrogens is 288 g/mol. The Bertz CT molecular complexity index is 569. The minimum Gasteiger partial charge on any atom is -0.496 e. The third-order valence-electron chi connectivity index (χ3n) is 4.54. The topological polar surface area (TPSA) is 53.3 Å². The van der Waals surface area contributed by atoms with Crippen LogP contribution in [0.4, 0.5) is 0 Å². The number of hydrogen-bond donors (Lipinski definition) is 0. The second kappa shape index (κ2) is 8.57. The van der Waals surface area contributed by atoms with Gasteiger partial charge in [-0.1, -0.05) is 31.9 Å². The van der Waals surface area contributed by atoms with Gasteiger partial charge in [0.2, 0.25) is 5.91 Å². The smallest absolute Gasteiger partial charge is 0.240 e. The molecule has 4 heteroatoms. The third kappa shape index (κ3) is 4.48. The standard InChI is InChI=1S/C19H26N2O2/c1-3-16-12-15(8-9-18(16)23-2)13-17(14-20)19(22)21-10-6-4-5-7-11-21/h8-9,12,17H,3-7,10-11,13H2,1-2H3. The number of methoxy groups -OCH3 is 1. The fourth-order valence-electron chi connectivity index (χ4n) is 3.17. The summed E-state index contributed by atoms with van der Waals surface area (Å²) in [5.41, 5.74) is 2.14. The first-order valence-corrected chi connectivity index (χ1v) is 8.53. The molecule has 4 nitrogen and oxygen atoms in total. The highest BCUT2D eigenvalue weighted by Crippen LogP contribution is 2.23. The normalized spacial score (nSPS) is 16.3. The Morgan fingerprint density at radius 2 is 2.00 bits per heavy atom. The van der Waals surface area contributed by atoms with Crippen molar-refractivity contribution < 1.29 is 9.53 Å². The van der Waals surface area contributed by atoms with Crippen LogP contribution in [-0.2, 0) is 17.6 Å². The van der Waals surface area contributed by atoms with E-state index in [2.05, 4.69) is 19.1 Å². The average Bonchev–Trinajstić information content (AvgIpc) is 2.88. The van der Waals surface area contributed by atoms with E-state index in [1.54, 1.807) is 7.11 Å². The molecule has 23 heavy (non-hydrogen) atoms. The van der Waals surface area contributed by atoms with E-state index >= 15 is 0 Å². The van der Waals surface area contributed by atoms with Gasteiger partial charge in [0.1, 0.15) is 11.7 Å². The molecule has 0 spiro atoms. The number of nitriles is 1. The van der Waals surface area contributed by atoms with Gasteiger partial charge in [-0.25, -0.2) is 0 Å². The maximum Gasteiger partial charge on any atom is 0.240 e. The SMILES string of the molecule is CCc1cc(CC(C#N)C(=O)N2CCCCCC2)ccc1OC. The Kier molecular flexibility index (Phi) is 6.46. The van der Waals surface area contributed by atoms with Crippen molar-refractivity contribution in [3.05, 3.63) is 29.3 Å². The minimum absolute atomic E-state index is 0.0109. The summed E-state index contributed by atoms with van der Waals surface area (Å²) in [6.07, 6.45) is 5.80. The summed E-state index contributed by atoms with van der Waals surface area (Å²) in [7, 11) is 1.66. The van der Waals surface area contributed by atoms with Crippen molar-refractivity contribution in [1.29, 1.82) is 5.26 Å². The van der Waals surface area contributed by atoms with Crippen molar-refractivity contribution in [2.75, 3.05) is 20.2 Å². The maximum atomic E-state index is 12.6. The molecule has 1 amide bonds. The molecule has 0 radical (unpaired) electrons. The zero-order valence-electron chi connectivity index (χ0n) is 14.2. The second-order valence-corrected chi connectivity index (χ2v) is 6.13. The number of ether oxygens (including phenoxy) is 1. The van der Waals surface area contributed by atoms with Crippen LogP contribution in [-0.4, -0.2) is 31.0 Å². The molecule has 0 N–H and O–H groups in total. The minimum atomic E-state index is -0.591. The van der Waals surface area contributed by atoms with Crippen LogP contribution in [0.2, 0.25) is 0 Å². The van der Waals surface area contributed by atoms with Gasteiger partial charge in [-0.15, -0.1) is 0 Å². The highest BCUT2D eigenvalue weighted by molar-refractivity contribution is 5.81. The van der Waals surface area contributed by atoms with Crippen molar-refractivity contribution in [3.8, 4) is 11.8 Å². The summed E-state index contributed by atoms with van der Waals surface area (Å²) in [6.45, 7) is 3.66. The van der Waals surface area contributed by atoms with E-state index in [0.29, 0.717) is 6.42 Å². The Balaban J connectivity index is 2.09. The Labute approximate surface area is 139 Å². The van der Waals surface area contributed by atoms with Gasteiger partial charge in [0.25, 0.3) is 0 Å². The van der Waals surface area contributed by atoms with Crippen molar-refractivity contribution in [2.24, 2.45) is 5.92 Å². The third-order valence-corrected chi connectivity index (χ3v) is 4.54. The Hall–Kier alpha value is -2.02. The molecule has 1 fully saturated rings. The molecular formula is C19H26N2O2. The average molecular weight is 314 g/mol. The zero-order valence-corrected chi connectivity index (χ0v) is 14.2. The van der Waals surface area contributed by atoms with Gasteiger partial charge in [-0.05, 0) is 42.9 Å². The molecule has 0 bridgehead atoms. The quantitative estimate of drug-likeness (QED) is 0.837. The van der Waals surface area contributed by atoms with Crippen LogP contribution in [0, 0.1) is 17.2 Å². The molecule has 0 aromatic heterocycles. The van der Waals surface area contributed by atoms with Gasteiger partial charge in [0.05, 0.1) is 13.2 Å². The molecule has 0 saturated carbocycles. The first-order valence-electron chi connectivity index (χ1n) is 8.53. The lowest BCUT2D eigenvalue weighted by Crippen LogP contribution is -2.37. The number of benzene rings is 1. The van der Waals surface area contributed by atoms with Crippen LogP contribution in [0.1, 0.15) is 43.7 Å². The molecule has 2 rings (SSSR count). The fourth-order valence-corrected chi connectivity index (χ4v) is 3.17. The van der Waals surface area contributed by atoms with Crippen LogP contribution in [0.25, 0.3) is 0 Å². The molecule has 1 saturated heterocycles. The summed E-state index contributed by atoms with van der Waals surface area (Å²) < 4.78 is 5.34. The Morgan fingerprint density at radius 1 is 1.30 bits per heavy atom. The second-order valence-electron chi connectivity index (χ2n) is 6.13. The molecule has 1 aliphatic rings. The molecule has 1 aliphatic heterocycles. The monoisotopic (exact) mass is 314 g/mol. The number of carbonyl (C=O) groups excluding carboxylic acids is 1. The van der Waals surface area contributed by atoms with E-state index in [1.807, 2.05) is 17.0 Å². The molecule has 1 aromatic rings. The van der Waals surface area contributed by atoms with E-state index < -0.39 is 5.92 Å². The summed E-state index contributed by atoms with van der Waals surface area (Å²) in [5.74, 6) is 0.262. The van der Waals surface area contributed by atoms with E-state index in [0.717, 1.165) is 49.2 Å². The predicted octanol–water partition coefficient (Wildman–Crippen LogP) is 3.34. The van der Waals surface area contributed by atoms with E-state index in [1.165, 1.54) is 12.8 Å². The van der Waals surface area contributed by atoms with Crippen LogP contribution in [0.5, 0.6) is 5.75 Å². The van der Waals surface area contributed by atoms with Gasteiger partial charge in [0.15, 0.2) is 0 Å². The van der Waals surface area contributed by atoms with E-state index in [-0.39, 0.29) is 5.91 Å². The van der Waals surface area contributed by atoms with E-state index in [9.17, 15) is 10.1 Å². The van der Waals surface area contributed by atoms with Crippen LogP contribution in [0.3, 0.4) is 0 Å². The molecule has 1 unspecified atom stereocenters. The number of likely N-dealkylation sites (tertiary alicyclic amines) is 1. The number of nitrogens with zero attached hydrogens (tertiary/aromatic N) is 2. The largest absolute Gasteiger partial charge is 0.496 e. The van der Waals surface area contributed by atoms with Gasteiger partial charge < -0.3 is 9.64 Å². The molecule has 1 heterocycles. The summed E-state index contributed by atoms with van der Waals surface area (Å²) in [4.78, 5) is 14.5. The molecule has 124 valence electrons. The highest BCUT2D eigenvalue weighted by Gasteiger charge is 2.25. The van der Waals surface area contributed by atoms with Gasteiger partial charge >= 0.3 is 0 Å². The highest BCUT2D eigenvalue weighted by atomic mass is 16.5. The van der Waals surface area contributed by atoms with Gasteiger partial charge in [-0.3, -0.25) is 4.79 Å². The fraction of sp³-hybridized carbons (Fsp3) is 0.579. The summed E-state index contributed by atoms with van der Waals surface area (Å²) in [6, 6.07) is 8.15. The van der Waals surface area contributed by atoms with Crippen LogP contribution in [0.15, 0.2) is 18.2 Å². The van der Waals surface area contributed by atoms with E-state index in [4.69, 9.17) is 4.74 Å².